The largest absolute Gasteiger partial charge is 0.479 e. The number of benzene rings is 2. The highest BCUT2D eigenvalue weighted by Crippen LogP contribution is 2.15. The van der Waals surface area contributed by atoms with Gasteiger partial charge in [-0.25, -0.2) is 9.59 Å². The highest BCUT2D eigenvalue weighted by Gasteiger charge is 2.17. The maximum absolute atomic E-state index is 11.9. The molecule has 108 valence electrons. The van der Waals surface area contributed by atoms with E-state index in [1.165, 1.54) is 24.3 Å². The Morgan fingerprint density at radius 3 is 2.14 bits per heavy atom. The highest BCUT2D eigenvalue weighted by atomic mass is 16.6. The lowest BCUT2D eigenvalue weighted by Crippen LogP contribution is -2.28. The van der Waals surface area contributed by atoms with Crippen LogP contribution in [0.15, 0.2) is 54.6 Å². The monoisotopic (exact) mass is 286 g/mol. The van der Waals surface area contributed by atoms with Gasteiger partial charge in [-0.15, -0.1) is 0 Å². The lowest BCUT2D eigenvalue weighted by molar-refractivity contribution is -0.141. The van der Waals surface area contributed by atoms with Gasteiger partial charge in [0.05, 0.1) is 5.56 Å². The van der Waals surface area contributed by atoms with Crippen molar-refractivity contribution in [2.75, 3.05) is 0 Å². The van der Waals surface area contributed by atoms with E-state index < -0.39 is 18.0 Å². The first-order valence-electron chi connectivity index (χ1n) is 6.33. The minimum atomic E-state index is -1.03. The van der Waals surface area contributed by atoms with Gasteiger partial charge >= 0.3 is 11.9 Å². The molecule has 1 atom stereocenters. The van der Waals surface area contributed by atoms with E-state index in [1.54, 1.807) is 31.2 Å². The third kappa shape index (κ3) is 4.07. The van der Waals surface area contributed by atoms with Crippen molar-refractivity contribution in [1.29, 1.82) is 0 Å². The fourth-order valence-corrected chi connectivity index (χ4v) is 1.62. The molecule has 2 rings (SSSR count). The molecule has 0 spiro atoms. The number of rotatable bonds is 5. The van der Waals surface area contributed by atoms with E-state index in [0.29, 0.717) is 5.75 Å². The minimum Gasteiger partial charge on any atom is -0.479 e. The second-order valence-corrected chi connectivity index (χ2v) is 4.32. The van der Waals surface area contributed by atoms with Crippen molar-refractivity contribution in [3.05, 3.63) is 60.2 Å². The first-order chi connectivity index (χ1) is 10.1. The number of carbonyl (C=O) groups excluding carboxylic acids is 1. The predicted molar refractivity (Wildman–Crippen MR) is 75.6 cm³/mol. The molecule has 0 fully saturated rings. The number of carboxylic acid groups (broad SMARTS) is 1. The van der Waals surface area contributed by atoms with E-state index in [2.05, 4.69) is 0 Å². The number of ether oxygens (including phenoxy) is 2. The number of hydrogen-bond acceptors (Lipinski definition) is 4. The van der Waals surface area contributed by atoms with E-state index in [4.69, 9.17) is 14.6 Å². The van der Waals surface area contributed by atoms with E-state index in [1.807, 2.05) is 6.07 Å². The number of hydrogen-bond donors (Lipinski definition) is 1. The van der Waals surface area contributed by atoms with Crippen molar-refractivity contribution in [3.8, 4) is 11.5 Å². The van der Waals surface area contributed by atoms with Gasteiger partial charge in [0.25, 0.3) is 0 Å². The number of carbonyl (C=O) groups is 2. The Morgan fingerprint density at radius 1 is 0.952 bits per heavy atom. The molecule has 0 saturated carbocycles. The molecule has 21 heavy (non-hydrogen) atoms. The summed E-state index contributed by atoms with van der Waals surface area (Å²) in [5, 5.41) is 8.78. The molecule has 2 aromatic carbocycles. The third-order valence-electron chi connectivity index (χ3n) is 2.71. The zero-order valence-electron chi connectivity index (χ0n) is 11.4. The van der Waals surface area contributed by atoms with Crippen molar-refractivity contribution < 1.29 is 24.2 Å². The van der Waals surface area contributed by atoms with Crippen molar-refractivity contribution in [2.24, 2.45) is 0 Å². The first-order valence-corrected chi connectivity index (χ1v) is 6.33. The maximum atomic E-state index is 11.9. The molecule has 0 bridgehead atoms. The standard InChI is InChI=1S/C16H14O5/c1-11(20-13-5-3-2-4-6-13)16(19)21-14-9-7-12(8-10-14)15(17)18/h2-11H,1H3,(H,17,18). The molecular weight excluding hydrogens is 272 g/mol. The Bertz CT molecular complexity index is 619. The smallest absolute Gasteiger partial charge is 0.352 e. The van der Waals surface area contributed by atoms with Crippen molar-refractivity contribution in [1.82, 2.24) is 0 Å². The summed E-state index contributed by atoms with van der Waals surface area (Å²) in [5.41, 5.74) is 0.128. The topological polar surface area (TPSA) is 72.8 Å². The molecule has 2 aromatic rings. The Labute approximate surface area is 121 Å². The average molecular weight is 286 g/mol. The molecule has 0 aromatic heterocycles. The zero-order chi connectivity index (χ0) is 15.2. The lowest BCUT2D eigenvalue weighted by atomic mass is 10.2. The fraction of sp³-hybridized carbons (Fsp3) is 0.125. The molecule has 5 heteroatoms. The summed E-state index contributed by atoms with van der Waals surface area (Å²) in [7, 11) is 0. The fourth-order valence-electron chi connectivity index (χ4n) is 1.62. The van der Waals surface area contributed by atoms with Crippen molar-refractivity contribution >= 4 is 11.9 Å². The van der Waals surface area contributed by atoms with Crippen LogP contribution in [0.1, 0.15) is 17.3 Å². The summed E-state index contributed by atoms with van der Waals surface area (Å²) < 4.78 is 10.6. The zero-order valence-corrected chi connectivity index (χ0v) is 11.4. The van der Waals surface area contributed by atoms with Crippen LogP contribution in [0.4, 0.5) is 0 Å². The summed E-state index contributed by atoms with van der Waals surface area (Å²) in [6.45, 7) is 1.58. The predicted octanol–water partition coefficient (Wildman–Crippen LogP) is 2.76. The van der Waals surface area contributed by atoms with Crippen LogP contribution >= 0.6 is 0 Å². The normalized spacial score (nSPS) is 11.5. The summed E-state index contributed by atoms with van der Waals surface area (Å²) in [4.78, 5) is 22.6. The first kappa shape index (κ1) is 14.6. The summed E-state index contributed by atoms with van der Waals surface area (Å²) >= 11 is 0. The van der Waals surface area contributed by atoms with E-state index in [0.717, 1.165) is 0 Å². The summed E-state index contributed by atoms with van der Waals surface area (Å²) in [5.74, 6) is -0.743. The van der Waals surface area contributed by atoms with Crippen LogP contribution in [0.5, 0.6) is 11.5 Å². The van der Waals surface area contributed by atoms with Crippen LogP contribution in [0.2, 0.25) is 0 Å². The van der Waals surface area contributed by atoms with Gasteiger partial charge in [0, 0.05) is 0 Å². The van der Waals surface area contributed by atoms with Crippen LogP contribution in [0.25, 0.3) is 0 Å². The second kappa shape index (κ2) is 6.56. The van der Waals surface area contributed by atoms with Crippen molar-refractivity contribution in [2.45, 2.75) is 13.0 Å². The number of aromatic carboxylic acids is 1. The van der Waals surface area contributed by atoms with Gasteiger partial charge in [0.15, 0.2) is 6.10 Å². The molecule has 0 heterocycles. The van der Waals surface area contributed by atoms with Crippen LogP contribution in [0.3, 0.4) is 0 Å². The van der Waals surface area contributed by atoms with E-state index >= 15 is 0 Å². The average Bonchev–Trinajstić information content (AvgIpc) is 2.48. The molecular formula is C16H14O5. The SMILES string of the molecule is CC(Oc1ccccc1)C(=O)Oc1ccc(C(=O)O)cc1. The molecule has 0 saturated heterocycles. The second-order valence-electron chi connectivity index (χ2n) is 4.32. The van der Waals surface area contributed by atoms with Crippen LogP contribution in [-0.2, 0) is 4.79 Å². The van der Waals surface area contributed by atoms with Crippen molar-refractivity contribution in [3.63, 3.8) is 0 Å². The van der Waals surface area contributed by atoms with Crippen LogP contribution in [-0.4, -0.2) is 23.1 Å². The van der Waals surface area contributed by atoms with E-state index in [-0.39, 0.29) is 11.3 Å². The van der Waals surface area contributed by atoms with Gasteiger partial charge in [0.2, 0.25) is 0 Å². The molecule has 0 aliphatic rings. The maximum Gasteiger partial charge on any atom is 0.352 e. The highest BCUT2D eigenvalue weighted by molar-refractivity contribution is 5.87. The molecule has 0 aliphatic heterocycles. The van der Waals surface area contributed by atoms with Crippen LogP contribution in [0, 0.1) is 0 Å². The number of para-hydroxylation sites is 1. The van der Waals surface area contributed by atoms with Gasteiger partial charge in [0.1, 0.15) is 11.5 Å². The number of esters is 1. The summed E-state index contributed by atoms with van der Waals surface area (Å²) in [6, 6.07) is 14.5. The molecule has 0 radical (unpaired) electrons. The van der Waals surface area contributed by atoms with Gasteiger partial charge in [-0.3, -0.25) is 0 Å². The summed E-state index contributed by atoms with van der Waals surface area (Å²) in [6.07, 6.45) is -0.772. The molecule has 1 unspecified atom stereocenters. The Kier molecular flexibility index (Phi) is 4.56. The third-order valence-corrected chi connectivity index (χ3v) is 2.71. The minimum absolute atomic E-state index is 0.128. The van der Waals surface area contributed by atoms with Gasteiger partial charge in [-0.05, 0) is 43.3 Å². The Balaban J connectivity index is 1.95. The van der Waals surface area contributed by atoms with Gasteiger partial charge in [-0.1, -0.05) is 18.2 Å². The molecule has 1 N–H and O–H groups in total. The molecule has 0 amide bonds. The Morgan fingerprint density at radius 2 is 1.57 bits per heavy atom. The quantitative estimate of drug-likeness (QED) is 0.676. The molecule has 5 nitrogen and oxygen atoms in total. The lowest BCUT2D eigenvalue weighted by Gasteiger charge is -2.13. The van der Waals surface area contributed by atoms with Gasteiger partial charge < -0.3 is 14.6 Å². The molecule has 0 aliphatic carbocycles. The Hall–Kier alpha value is -2.82. The van der Waals surface area contributed by atoms with Gasteiger partial charge in [-0.2, -0.15) is 0 Å². The number of carboxylic acids is 1. The van der Waals surface area contributed by atoms with E-state index in [9.17, 15) is 9.59 Å². The van der Waals surface area contributed by atoms with Crippen LogP contribution < -0.4 is 9.47 Å².